The molecule has 10 heteroatoms. The second-order valence-electron chi connectivity index (χ2n) is 6.55. The molecule has 3 aromatic rings. The van der Waals surface area contributed by atoms with E-state index in [9.17, 15) is 4.79 Å². The molecule has 0 aliphatic heterocycles. The number of fused-ring (bicyclic) bond motifs is 1. The zero-order valence-corrected chi connectivity index (χ0v) is 17.2. The molecule has 0 unspecified atom stereocenters. The number of amides is 1. The summed E-state index contributed by atoms with van der Waals surface area (Å²) in [5.74, 6) is 0.332. The number of nitrogens with zero attached hydrogens (tertiary/aromatic N) is 5. The largest absolute Gasteiger partial charge is 0.382 e. The highest BCUT2D eigenvalue weighted by atomic mass is 32.2. The summed E-state index contributed by atoms with van der Waals surface area (Å²) in [7, 11) is 0. The molecule has 0 aliphatic rings. The molecule has 9 nitrogen and oxygen atoms in total. The molecule has 0 radical (unpaired) electrons. The van der Waals surface area contributed by atoms with Gasteiger partial charge in [0.15, 0.2) is 11.5 Å². The Hall–Kier alpha value is -3.16. The topological polar surface area (TPSA) is 121 Å². The number of pyridine rings is 2. The maximum atomic E-state index is 12.6. The number of carbonyl (C=O) groups excluding carboxylic acids is 1. The lowest BCUT2D eigenvalue weighted by molar-refractivity contribution is 0.0955. The van der Waals surface area contributed by atoms with Gasteiger partial charge in [0, 0.05) is 43.0 Å². The van der Waals surface area contributed by atoms with Gasteiger partial charge in [-0.1, -0.05) is 11.9 Å². The third kappa shape index (κ3) is 4.82. The molecule has 0 saturated heterocycles. The standard InChI is InChI=1S/C19H22N8OS/c1-12(2)26-16-7-17(22-11-15(16)19(28)21-4-5-25-29-3)27-18-14(10-24-27)6-13(8-20)9-23-18/h6-7,9-12,25H,4-5H2,1-3H3,(H,21,28)(H,22,26). The second-order valence-corrected chi connectivity index (χ2v) is 7.24. The Balaban J connectivity index is 1.93. The number of hydrogen-bond donors (Lipinski definition) is 3. The second kappa shape index (κ2) is 9.36. The molecule has 3 N–H and O–H groups in total. The van der Waals surface area contributed by atoms with Gasteiger partial charge in [-0.05, 0) is 26.2 Å². The van der Waals surface area contributed by atoms with Crippen molar-refractivity contribution in [3.63, 3.8) is 0 Å². The van der Waals surface area contributed by atoms with E-state index in [0.717, 1.165) is 5.39 Å². The van der Waals surface area contributed by atoms with Crippen LogP contribution < -0.4 is 15.4 Å². The van der Waals surface area contributed by atoms with Gasteiger partial charge in [0.05, 0.1) is 23.0 Å². The normalized spacial score (nSPS) is 10.9. The summed E-state index contributed by atoms with van der Waals surface area (Å²) in [4.78, 5) is 21.3. The molecule has 0 spiro atoms. The average Bonchev–Trinajstić information content (AvgIpc) is 3.13. The fourth-order valence-electron chi connectivity index (χ4n) is 2.75. The van der Waals surface area contributed by atoms with E-state index < -0.39 is 0 Å². The van der Waals surface area contributed by atoms with Crippen molar-refractivity contribution in [1.82, 2.24) is 29.8 Å². The number of hydrogen-bond acceptors (Lipinski definition) is 8. The van der Waals surface area contributed by atoms with Crippen LogP contribution in [0.3, 0.4) is 0 Å². The molecule has 29 heavy (non-hydrogen) atoms. The minimum absolute atomic E-state index is 0.126. The summed E-state index contributed by atoms with van der Waals surface area (Å²) in [6.45, 7) is 5.18. The van der Waals surface area contributed by atoms with Gasteiger partial charge in [0.25, 0.3) is 5.91 Å². The third-order valence-electron chi connectivity index (χ3n) is 3.99. The zero-order valence-electron chi connectivity index (χ0n) is 16.4. The SMILES string of the molecule is CSNCCNC(=O)c1cnc(-n2ncc3cc(C#N)cnc32)cc1NC(C)C. The number of carbonyl (C=O) groups is 1. The third-order valence-corrected chi connectivity index (χ3v) is 4.48. The van der Waals surface area contributed by atoms with Crippen LogP contribution in [0, 0.1) is 11.3 Å². The van der Waals surface area contributed by atoms with Crippen molar-refractivity contribution in [2.75, 3.05) is 24.7 Å². The molecule has 0 bridgehead atoms. The average molecular weight is 411 g/mol. The van der Waals surface area contributed by atoms with E-state index >= 15 is 0 Å². The van der Waals surface area contributed by atoms with Crippen LogP contribution in [0.1, 0.15) is 29.8 Å². The van der Waals surface area contributed by atoms with Crippen molar-refractivity contribution in [3.8, 4) is 11.9 Å². The maximum Gasteiger partial charge on any atom is 0.255 e. The van der Waals surface area contributed by atoms with E-state index in [4.69, 9.17) is 5.26 Å². The Morgan fingerprint density at radius 2 is 2.07 bits per heavy atom. The number of anilines is 1. The molecule has 3 heterocycles. The fourth-order valence-corrected chi connectivity index (χ4v) is 3.05. The molecular formula is C19H22N8OS. The van der Waals surface area contributed by atoms with E-state index in [1.165, 1.54) is 24.3 Å². The lowest BCUT2D eigenvalue weighted by Gasteiger charge is -2.16. The molecule has 1 amide bonds. The van der Waals surface area contributed by atoms with Crippen molar-refractivity contribution in [2.45, 2.75) is 19.9 Å². The minimum Gasteiger partial charge on any atom is -0.382 e. The van der Waals surface area contributed by atoms with Crippen molar-refractivity contribution >= 4 is 34.6 Å². The predicted octanol–water partition coefficient (Wildman–Crippen LogP) is 2.10. The van der Waals surface area contributed by atoms with E-state index in [-0.39, 0.29) is 11.9 Å². The first-order valence-corrected chi connectivity index (χ1v) is 10.3. The summed E-state index contributed by atoms with van der Waals surface area (Å²) in [6, 6.07) is 5.70. The monoisotopic (exact) mass is 410 g/mol. The first-order valence-electron chi connectivity index (χ1n) is 9.08. The van der Waals surface area contributed by atoms with Crippen molar-refractivity contribution in [3.05, 3.63) is 41.9 Å². The highest BCUT2D eigenvalue weighted by Gasteiger charge is 2.16. The van der Waals surface area contributed by atoms with Gasteiger partial charge in [0.1, 0.15) is 6.07 Å². The molecule has 3 rings (SSSR count). The summed E-state index contributed by atoms with van der Waals surface area (Å²) in [5, 5.41) is 20.3. The van der Waals surface area contributed by atoms with Crippen LogP contribution in [0.2, 0.25) is 0 Å². The fraction of sp³-hybridized carbons (Fsp3) is 0.316. The van der Waals surface area contributed by atoms with Crippen LogP contribution in [0.25, 0.3) is 16.9 Å². The molecule has 0 aromatic carbocycles. The number of rotatable bonds is 8. The van der Waals surface area contributed by atoms with Crippen LogP contribution in [-0.4, -0.2) is 51.0 Å². The maximum absolute atomic E-state index is 12.6. The summed E-state index contributed by atoms with van der Waals surface area (Å²) < 4.78 is 4.68. The van der Waals surface area contributed by atoms with Crippen LogP contribution in [0.15, 0.2) is 30.7 Å². The van der Waals surface area contributed by atoms with Crippen LogP contribution in [0.4, 0.5) is 5.69 Å². The first-order chi connectivity index (χ1) is 14.0. The molecule has 150 valence electrons. The molecule has 0 aliphatic carbocycles. The molecule has 0 saturated carbocycles. The van der Waals surface area contributed by atoms with E-state index in [0.29, 0.717) is 41.4 Å². The van der Waals surface area contributed by atoms with Gasteiger partial charge in [-0.3, -0.25) is 9.52 Å². The van der Waals surface area contributed by atoms with Gasteiger partial charge in [-0.25, -0.2) is 9.97 Å². The first kappa shape index (κ1) is 20.6. The molecule has 0 fully saturated rings. The summed E-state index contributed by atoms with van der Waals surface area (Å²) in [5.41, 5.74) is 2.18. The molecular weight excluding hydrogens is 388 g/mol. The van der Waals surface area contributed by atoms with E-state index in [2.05, 4.69) is 36.5 Å². The lowest BCUT2D eigenvalue weighted by atomic mass is 10.2. The van der Waals surface area contributed by atoms with Crippen molar-refractivity contribution in [2.24, 2.45) is 0 Å². The summed E-state index contributed by atoms with van der Waals surface area (Å²) in [6.07, 6.45) is 6.61. The Morgan fingerprint density at radius 3 is 2.79 bits per heavy atom. The van der Waals surface area contributed by atoms with Crippen LogP contribution in [-0.2, 0) is 0 Å². The minimum atomic E-state index is -0.197. The van der Waals surface area contributed by atoms with Crippen molar-refractivity contribution < 1.29 is 4.79 Å². The number of nitrogens with one attached hydrogen (secondary N) is 3. The Labute approximate surface area is 173 Å². The van der Waals surface area contributed by atoms with E-state index in [1.807, 2.05) is 20.1 Å². The number of nitriles is 1. The van der Waals surface area contributed by atoms with Gasteiger partial charge in [0.2, 0.25) is 0 Å². The Kier molecular flexibility index (Phi) is 6.64. The smallest absolute Gasteiger partial charge is 0.255 e. The quantitative estimate of drug-likeness (QED) is 0.381. The number of aromatic nitrogens is 4. The van der Waals surface area contributed by atoms with Crippen molar-refractivity contribution in [1.29, 1.82) is 5.26 Å². The Bertz CT molecular complexity index is 1060. The highest BCUT2D eigenvalue weighted by Crippen LogP contribution is 2.22. The van der Waals surface area contributed by atoms with E-state index in [1.54, 1.807) is 23.0 Å². The highest BCUT2D eigenvalue weighted by molar-refractivity contribution is 7.96. The molecule has 0 atom stereocenters. The Morgan fingerprint density at radius 1 is 1.24 bits per heavy atom. The van der Waals surface area contributed by atoms with Crippen LogP contribution >= 0.6 is 11.9 Å². The predicted molar refractivity (Wildman–Crippen MR) is 114 cm³/mol. The van der Waals surface area contributed by atoms with Gasteiger partial charge in [-0.2, -0.15) is 15.0 Å². The summed E-state index contributed by atoms with van der Waals surface area (Å²) >= 11 is 1.50. The van der Waals surface area contributed by atoms with Gasteiger partial charge >= 0.3 is 0 Å². The lowest BCUT2D eigenvalue weighted by Crippen LogP contribution is -2.30. The molecule has 3 aromatic heterocycles. The van der Waals surface area contributed by atoms with Gasteiger partial charge in [-0.15, -0.1) is 0 Å². The van der Waals surface area contributed by atoms with Crippen LogP contribution in [0.5, 0.6) is 0 Å². The van der Waals surface area contributed by atoms with Gasteiger partial charge < -0.3 is 10.6 Å². The zero-order chi connectivity index (χ0) is 20.8.